The first-order valence-corrected chi connectivity index (χ1v) is 10.3. The summed E-state index contributed by atoms with van der Waals surface area (Å²) in [6, 6.07) is 4.04. The van der Waals surface area contributed by atoms with E-state index in [1.54, 1.807) is 0 Å². The molecular formula is C12H13BrFN5O4S2. The molecule has 2 aromatic rings. The summed E-state index contributed by atoms with van der Waals surface area (Å²) in [5, 5.41) is 17.0. The van der Waals surface area contributed by atoms with E-state index in [9.17, 15) is 18.0 Å². The van der Waals surface area contributed by atoms with Gasteiger partial charge in [0, 0.05) is 12.3 Å². The normalized spacial score (nSPS) is 12.4. The lowest BCUT2D eigenvalue weighted by atomic mass is 10.3. The third-order valence-corrected chi connectivity index (χ3v) is 4.92. The summed E-state index contributed by atoms with van der Waals surface area (Å²) in [5.74, 6) is -0.150. The van der Waals surface area contributed by atoms with Crippen molar-refractivity contribution in [2.75, 3.05) is 18.6 Å². The molecule has 25 heavy (non-hydrogen) atoms. The number of nitrogens with one attached hydrogen (secondary N) is 2. The third kappa shape index (κ3) is 6.04. The molecule has 13 heteroatoms. The summed E-state index contributed by atoms with van der Waals surface area (Å²) in [4.78, 5) is 4.12. The number of aromatic nitrogens is 2. The van der Waals surface area contributed by atoms with Gasteiger partial charge in [0.2, 0.25) is 10.0 Å². The van der Waals surface area contributed by atoms with Crippen molar-refractivity contribution in [1.29, 1.82) is 0 Å². The Balaban J connectivity index is 2.14. The van der Waals surface area contributed by atoms with E-state index in [1.807, 2.05) is 5.48 Å². The maximum Gasteiger partial charge on any atom is 0.208 e. The van der Waals surface area contributed by atoms with Gasteiger partial charge in [0.25, 0.3) is 0 Å². The van der Waals surface area contributed by atoms with Crippen molar-refractivity contribution in [1.82, 2.24) is 20.5 Å². The van der Waals surface area contributed by atoms with Crippen molar-refractivity contribution in [3.8, 4) is 0 Å². The van der Waals surface area contributed by atoms with E-state index in [0.717, 1.165) is 18.0 Å². The zero-order chi connectivity index (χ0) is 18.4. The standard InChI is InChI=1S/C12H13BrFN5O4S2/c1-25(21,22)15-4-5-24-12-10(18-23-19-12)11(17-20)16-7-2-3-9(14)8(13)6-7/h2-3,6,15,20H,4-5H2,1H3,(H,16,17). The molecule has 136 valence electrons. The number of halogens is 2. The number of hydroxylamine groups is 1. The van der Waals surface area contributed by atoms with Crippen molar-refractivity contribution in [3.63, 3.8) is 0 Å². The Kier molecular flexibility index (Phi) is 6.89. The van der Waals surface area contributed by atoms with E-state index in [2.05, 4.69) is 40.6 Å². The SMILES string of the molecule is CS(=O)(=O)NCCSc1nonc1C(=Nc1ccc(F)c(Br)c1)NO. The molecule has 1 aromatic carbocycles. The predicted molar refractivity (Wildman–Crippen MR) is 93.1 cm³/mol. The van der Waals surface area contributed by atoms with Crippen LogP contribution in [0.4, 0.5) is 10.1 Å². The highest BCUT2D eigenvalue weighted by molar-refractivity contribution is 9.10. The molecule has 1 aromatic heterocycles. The summed E-state index contributed by atoms with van der Waals surface area (Å²) in [7, 11) is -3.28. The molecule has 3 N–H and O–H groups in total. The molecule has 0 unspecified atom stereocenters. The highest BCUT2D eigenvalue weighted by atomic mass is 79.9. The number of benzene rings is 1. The highest BCUT2D eigenvalue weighted by Gasteiger charge is 2.17. The molecule has 0 radical (unpaired) electrons. The van der Waals surface area contributed by atoms with Crippen LogP contribution in [0, 0.1) is 5.82 Å². The monoisotopic (exact) mass is 453 g/mol. The minimum Gasteiger partial charge on any atom is -0.290 e. The van der Waals surface area contributed by atoms with Crippen LogP contribution in [0.25, 0.3) is 0 Å². The van der Waals surface area contributed by atoms with Crippen LogP contribution >= 0.6 is 27.7 Å². The van der Waals surface area contributed by atoms with E-state index in [1.165, 1.54) is 18.2 Å². The summed E-state index contributed by atoms with van der Waals surface area (Å²) in [6.45, 7) is 0.180. The van der Waals surface area contributed by atoms with Crippen LogP contribution in [0.5, 0.6) is 0 Å². The number of hydrogen-bond donors (Lipinski definition) is 3. The fourth-order valence-corrected chi connectivity index (χ4v) is 3.33. The van der Waals surface area contributed by atoms with Gasteiger partial charge in [0.1, 0.15) is 5.82 Å². The maximum atomic E-state index is 13.3. The second kappa shape index (κ2) is 8.71. The Bertz CT molecular complexity index is 874. The predicted octanol–water partition coefficient (Wildman–Crippen LogP) is 1.67. The summed E-state index contributed by atoms with van der Waals surface area (Å²) in [6.07, 6.45) is 1.06. The second-order valence-electron chi connectivity index (χ2n) is 4.60. The average molecular weight is 454 g/mol. The number of sulfonamides is 1. The van der Waals surface area contributed by atoms with E-state index < -0.39 is 15.8 Å². The molecular weight excluding hydrogens is 441 g/mol. The van der Waals surface area contributed by atoms with E-state index in [-0.39, 0.29) is 22.5 Å². The number of amidine groups is 1. The van der Waals surface area contributed by atoms with Crippen LogP contribution in [-0.2, 0) is 10.0 Å². The van der Waals surface area contributed by atoms with Gasteiger partial charge in [-0.05, 0) is 44.4 Å². The zero-order valence-corrected chi connectivity index (χ0v) is 16.0. The van der Waals surface area contributed by atoms with E-state index in [0.29, 0.717) is 16.5 Å². The molecule has 9 nitrogen and oxygen atoms in total. The van der Waals surface area contributed by atoms with Gasteiger partial charge in [-0.3, -0.25) is 10.7 Å². The minimum atomic E-state index is -3.28. The fourth-order valence-electron chi connectivity index (χ4n) is 1.61. The molecule has 0 amide bonds. The number of aliphatic imine (C=N–C) groups is 1. The third-order valence-electron chi connectivity index (χ3n) is 2.64. The van der Waals surface area contributed by atoms with Crippen molar-refractivity contribution in [2.24, 2.45) is 4.99 Å². The first-order chi connectivity index (χ1) is 11.8. The molecule has 1 heterocycles. The number of nitrogens with zero attached hydrogens (tertiary/aromatic N) is 3. The number of thioether (sulfide) groups is 1. The zero-order valence-electron chi connectivity index (χ0n) is 12.7. The van der Waals surface area contributed by atoms with E-state index in [4.69, 9.17) is 0 Å². The minimum absolute atomic E-state index is 0.0571. The van der Waals surface area contributed by atoms with Gasteiger partial charge in [-0.25, -0.2) is 27.2 Å². The van der Waals surface area contributed by atoms with Gasteiger partial charge >= 0.3 is 0 Å². The lowest BCUT2D eigenvalue weighted by Crippen LogP contribution is -2.24. The van der Waals surface area contributed by atoms with Crippen LogP contribution in [0.15, 0.2) is 37.3 Å². The highest BCUT2D eigenvalue weighted by Crippen LogP contribution is 2.24. The lowest BCUT2D eigenvalue weighted by molar-refractivity contribution is 0.234. The smallest absolute Gasteiger partial charge is 0.208 e. The molecule has 0 saturated heterocycles. The molecule has 0 spiro atoms. The quantitative estimate of drug-likeness (QED) is 0.189. The molecule has 2 rings (SSSR count). The van der Waals surface area contributed by atoms with Crippen molar-refractivity contribution >= 4 is 49.2 Å². The Morgan fingerprint density at radius 3 is 2.88 bits per heavy atom. The molecule has 0 fully saturated rings. The molecule has 0 saturated carbocycles. The summed E-state index contributed by atoms with van der Waals surface area (Å²) in [5.41, 5.74) is 2.38. The van der Waals surface area contributed by atoms with Crippen LogP contribution in [0.1, 0.15) is 5.69 Å². The average Bonchev–Trinajstić information content (AvgIpc) is 3.00. The molecule has 0 aliphatic rings. The molecule has 0 aliphatic heterocycles. The summed E-state index contributed by atoms with van der Waals surface area (Å²) < 4.78 is 42.5. The van der Waals surface area contributed by atoms with E-state index >= 15 is 0 Å². The first-order valence-electron chi connectivity index (χ1n) is 6.64. The van der Waals surface area contributed by atoms with Crippen molar-refractivity contribution < 1.29 is 22.6 Å². The van der Waals surface area contributed by atoms with Crippen LogP contribution in [0.3, 0.4) is 0 Å². The maximum absolute atomic E-state index is 13.3. The lowest BCUT2D eigenvalue weighted by Gasteiger charge is -2.04. The Labute approximate surface area is 155 Å². The Morgan fingerprint density at radius 2 is 2.24 bits per heavy atom. The Hall–Kier alpha value is -1.54. The van der Waals surface area contributed by atoms with Crippen molar-refractivity contribution in [3.05, 3.63) is 34.2 Å². The summed E-state index contributed by atoms with van der Waals surface area (Å²) >= 11 is 4.20. The topological polar surface area (TPSA) is 130 Å². The van der Waals surface area contributed by atoms with Gasteiger partial charge in [0.05, 0.1) is 16.4 Å². The van der Waals surface area contributed by atoms with Gasteiger partial charge in [0.15, 0.2) is 16.6 Å². The van der Waals surface area contributed by atoms with Crippen LogP contribution < -0.4 is 10.2 Å². The first kappa shape index (κ1) is 19.8. The van der Waals surface area contributed by atoms with Crippen LogP contribution in [-0.4, -0.2) is 48.3 Å². The van der Waals surface area contributed by atoms with Crippen LogP contribution in [0.2, 0.25) is 0 Å². The fraction of sp³-hybridized carbons (Fsp3) is 0.250. The van der Waals surface area contributed by atoms with Gasteiger partial charge < -0.3 is 0 Å². The number of rotatable bonds is 7. The van der Waals surface area contributed by atoms with Gasteiger partial charge in [-0.1, -0.05) is 11.8 Å². The molecule has 0 bridgehead atoms. The van der Waals surface area contributed by atoms with Gasteiger partial charge in [-0.15, -0.1) is 0 Å². The molecule has 0 atom stereocenters. The largest absolute Gasteiger partial charge is 0.290 e. The Morgan fingerprint density at radius 1 is 1.48 bits per heavy atom. The van der Waals surface area contributed by atoms with Gasteiger partial charge in [-0.2, -0.15) is 0 Å². The number of hydrogen-bond acceptors (Lipinski definition) is 8. The second-order valence-corrected chi connectivity index (χ2v) is 8.37. The van der Waals surface area contributed by atoms with Crippen molar-refractivity contribution in [2.45, 2.75) is 5.03 Å². The molecule has 0 aliphatic carbocycles.